The zero-order chi connectivity index (χ0) is 84.0. The molecule has 0 spiro atoms. The van der Waals surface area contributed by atoms with Crippen LogP contribution in [0.15, 0.2) is 164 Å². The molecule has 21 nitrogen and oxygen atoms in total. The fourth-order valence-electron chi connectivity index (χ4n) is 16.4. The Morgan fingerprint density at radius 2 is 0.783 bits per heavy atom. The SMILES string of the molecule is CCN(CC)CCOc1c2[nH]c3ccc(COC=O)cc3c2cc2c1[nH]c1ccc(C(=O)OC)cc12.CN(C)CCOc1c2[nH]c3ccc(F)cc3c2c(C(F)(F)F)c2c1[nH]c1ccc(F)cc12.NC(=O)NCc1c2[nH]c3ccc(F)cc3c2cc2c1[nH]c1ccc(F)cc12.NC(=O)c1c2[nH]c3ccc(F)cc3c2cc2c1[nH]c1ccc(F)cc12. The Bertz CT molecular complexity index is 7310. The summed E-state index contributed by atoms with van der Waals surface area (Å²) in [6, 6.07) is 41.7. The van der Waals surface area contributed by atoms with Gasteiger partial charge in [-0.1, -0.05) is 19.9 Å². The number of halogens is 9. The lowest BCUT2D eigenvalue weighted by atomic mass is 9.98. The van der Waals surface area contributed by atoms with Crippen LogP contribution in [0.1, 0.15) is 51.3 Å². The maximum Gasteiger partial charge on any atom is 0.417 e. The van der Waals surface area contributed by atoms with Crippen molar-refractivity contribution in [2.45, 2.75) is 33.2 Å². The third kappa shape index (κ3) is 14.1. The van der Waals surface area contributed by atoms with Crippen molar-refractivity contribution in [3.05, 3.63) is 227 Å². The number of primary amides is 2. The minimum atomic E-state index is -4.79. The Morgan fingerprint density at radius 3 is 1.18 bits per heavy atom. The Balaban J connectivity index is 0.000000115. The van der Waals surface area contributed by atoms with Gasteiger partial charge in [-0.2, -0.15) is 13.2 Å². The van der Waals surface area contributed by atoms with Gasteiger partial charge in [0.2, 0.25) is 0 Å². The van der Waals surface area contributed by atoms with Crippen LogP contribution in [0.25, 0.3) is 174 Å². The Morgan fingerprint density at radius 1 is 0.433 bits per heavy atom. The van der Waals surface area contributed by atoms with Crippen LogP contribution in [-0.2, 0) is 33.6 Å². The van der Waals surface area contributed by atoms with Crippen LogP contribution in [0.5, 0.6) is 11.5 Å². The van der Waals surface area contributed by atoms with Gasteiger partial charge in [-0.3, -0.25) is 9.59 Å². The van der Waals surface area contributed by atoms with Gasteiger partial charge in [-0.05, 0) is 190 Å². The number of urea groups is 1. The number of amides is 3. The number of hydrogen-bond donors (Lipinski definition) is 11. The zero-order valence-corrected chi connectivity index (χ0v) is 64.5. The number of H-pyrrole nitrogens is 8. The van der Waals surface area contributed by atoms with Crippen molar-refractivity contribution in [1.29, 1.82) is 0 Å². The number of fused-ring (bicyclic) bond motifs is 24. The van der Waals surface area contributed by atoms with E-state index in [0.29, 0.717) is 79.8 Å². The number of nitrogens with two attached hydrogens (primary N) is 2. The quantitative estimate of drug-likeness (QED) is 0.0233. The number of aromatic nitrogens is 8. The number of alkyl halides is 3. The van der Waals surface area contributed by atoms with Crippen LogP contribution in [-0.4, -0.2) is 135 Å². The first-order valence-corrected chi connectivity index (χ1v) is 38.0. The van der Waals surface area contributed by atoms with Crippen molar-refractivity contribution in [3.8, 4) is 11.5 Å². The molecule has 8 aromatic heterocycles. The molecule has 0 aliphatic carbocycles. The number of carbonyl (C=O) groups excluding carboxylic acids is 4. The number of carbonyl (C=O) groups is 4. The third-order valence-corrected chi connectivity index (χ3v) is 21.9. The first kappa shape index (κ1) is 78.1. The molecule has 0 saturated heterocycles. The summed E-state index contributed by atoms with van der Waals surface area (Å²) in [6.45, 7) is 9.10. The molecule has 0 radical (unpaired) electrons. The van der Waals surface area contributed by atoms with Crippen molar-refractivity contribution in [2.75, 3.05) is 60.6 Å². The van der Waals surface area contributed by atoms with Gasteiger partial charge in [0.15, 0.2) is 11.5 Å². The van der Waals surface area contributed by atoms with Crippen LogP contribution >= 0.6 is 0 Å². The predicted molar refractivity (Wildman–Crippen MR) is 450 cm³/mol. The number of ether oxygens (including phenoxy) is 4. The van der Waals surface area contributed by atoms with Crippen LogP contribution in [0.3, 0.4) is 0 Å². The maximum atomic E-state index is 14.5. The summed E-state index contributed by atoms with van der Waals surface area (Å²) in [5, 5.41) is 11.9. The highest BCUT2D eigenvalue weighted by Crippen LogP contribution is 2.51. The molecule has 0 atom stereocenters. The zero-order valence-electron chi connectivity index (χ0n) is 64.5. The summed E-state index contributed by atoms with van der Waals surface area (Å²) in [7, 11) is 5.07. The van der Waals surface area contributed by atoms with Crippen LogP contribution < -0.4 is 26.3 Å². The van der Waals surface area contributed by atoms with Crippen molar-refractivity contribution >= 4 is 199 Å². The van der Waals surface area contributed by atoms with Crippen LogP contribution in [0, 0.1) is 34.9 Å². The van der Waals surface area contributed by atoms with Crippen LogP contribution in [0.2, 0.25) is 0 Å². The largest absolute Gasteiger partial charge is 0.488 e. The maximum absolute atomic E-state index is 14.5. The molecular formula is C90H72F9N13O8. The van der Waals surface area contributed by atoms with Gasteiger partial charge in [0.25, 0.3) is 12.4 Å². The van der Waals surface area contributed by atoms with Gasteiger partial charge in [-0.15, -0.1) is 0 Å². The minimum Gasteiger partial charge on any atom is -0.488 e. The molecule has 20 aromatic rings. The summed E-state index contributed by atoms with van der Waals surface area (Å²) >= 11 is 0. The number of benzene rings is 12. The van der Waals surface area contributed by atoms with E-state index >= 15 is 0 Å². The van der Waals surface area contributed by atoms with Crippen molar-refractivity contribution in [3.63, 3.8) is 0 Å². The van der Waals surface area contributed by atoms with Crippen LogP contribution in [0.4, 0.5) is 44.3 Å². The van der Waals surface area contributed by atoms with E-state index in [2.05, 4.69) is 70.0 Å². The summed E-state index contributed by atoms with van der Waals surface area (Å²) in [5.74, 6) is -2.83. The molecule has 608 valence electrons. The molecule has 0 unspecified atom stereocenters. The molecule has 8 heterocycles. The lowest BCUT2D eigenvalue weighted by molar-refractivity contribution is -0.135. The molecule has 0 fully saturated rings. The van der Waals surface area contributed by atoms with Gasteiger partial charge in [0, 0.05) is 156 Å². The van der Waals surface area contributed by atoms with Gasteiger partial charge in [0.1, 0.15) is 54.7 Å². The highest BCUT2D eigenvalue weighted by atomic mass is 19.4. The monoisotopic (exact) mass is 1630 g/mol. The van der Waals surface area contributed by atoms with Gasteiger partial charge in [0.05, 0.1) is 67.9 Å². The molecule has 0 saturated carbocycles. The number of nitrogens with zero attached hydrogens (tertiary/aromatic N) is 2. The van der Waals surface area contributed by atoms with E-state index in [1.54, 1.807) is 30.3 Å². The van der Waals surface area contributed by atoms with Gasteiger partial charge in [-0.25, -0.2) is 35.9 Å². The molecule has 20 rings (SSSR count). The third-order valence-electron chi connectivity index (χ3n) is 21.9. The summed E-state index contributed by atoms with van der Waals surface area (Å²) in [4.78, 5) is 76.4. The second kappa shape index (κ2) is 30.9. The van der Waals surface area contributed by atoms with E-state index < -0.39 is 35.3 Å². The standard InChI is InChI=1S/C28H29N3O5.C23H18F5N3O.C20H14F2N4O.C19H11F2N3O/c1-4-31(5-2)10-11-36-27-25-21(19-12-17(15-35-16-32)6-8-23(19)29-25)14-22-20-13-18(28(33)34-3)7-9-24(20)30-26(22)27;1-31(2)7-8-32-22-20-17(13-9-11(24)3-5-15(13)29-20)19(23(26,27)28)18-14-10-12(25)4-6-16(14)30-21(18)22;21-9-1-3-16-11(5-9)13-7-14-12-6-10(22)2-4-17(12)26-19(14)15(18(13)25-16)8-24-20(23)27;20-8-1-3-14-10(5-8)12-7-13-11-6-9(21)2-4-15(11)24-18(13)16(19(22)25)17(12)23-14/h6-9,12-14,16,29-30H,4-5,10-11,15H2,1-3H3;3-6,9-10,29-30H,7-8H2,1-2H3;1-7,25-26H,8H2,(H3,23,24,27);1-7,23-24H,(H2,22,25). The molecule has 3 amide bonds. The first-order valence-electron chi connectivity index (χ1n) is 38.0. The van der Waals surface area contributed by atoms with E-state index in [1.807, 2.05) is 61.5 Å². The van der Waals surface area contributed by atoms with E-state index in [-0.39, 0.29) is 92.9 Å². The summed E-state index contributed by atoms with van der Waals surface area (Å²) in [6.07, 6.45) is -4.79. The second-order valence-corrected chi connectivity index (χ2v) is 29.3. The normalized spacial score (nSPS) is 12.0. The van der Waals surface area contributed by atoms with Crippen molar-refractivity contribution < 1.29 is 77.6 Å². The van der Waals surface area contributed by atoms with Gasteiger partial charge < -0.3 is 85.4 Å². The topological polar surface area (TPSA) is 302 Å². The smallest absolute Gasteiger partial charge is 0.417 e. The predicted octanol–water partition coefficient (Wildman–Crippen LogP) is 20.1. The number of nitrogens with one attached hydrogen (secondary N) is 9. The highest BCUT2D eigenvalue weighted by Gasteiger charge is 2.39. The Kier molecular flexibility index (Phi) is 20.1. The molecular weight excluding hydrogens is 1560 g/mol. The minimum absolute atomic E-state index is 0.0810. The molecule has 0 aliphatic rings. The molecule has 120 heavy (non-hydrogen) atoms. The van der Waals surface area contributed by atoms with E-state index in [1.165, 1.54) is 79.9 Å². The number of aromatic amines is 8. The summed E-state index contributed by atoms with van der Waals surface area (Å²) < 4.78 is 149. The average molecular weight is 1630 g/mol. The number of likely N-dealkylation sites (N-methyl/N-ethyl adjacent to an activating group) is 2. The summed E-state index contributed by atoms with van der Waals surface area (Å²) in [5.41, 5.74) is 22.4. The average Bonchev–Trinajstić information content (AvgIpc) is 1.54. The Labute approximate surface area is 671 Å². The lowest BCUT2D eigenvalue weighted by Gasteiger charge is -2.18. The molecule has 13 N–H and O–H groups in total. The fourth-order valence-corrected chi connectivity index (χ4v) is 16.4. The number of hydrogen-bond acceptors (Lipinski definition) is 10. The molecule has 12 aromatic carbocycles. The Hall–Kier alpha value is -14.4. The molecule has 0 bridgehead atoms. The number of methoxy groups -OCH3 is 1. The highest BCUT2D eigenvalue weighted by molar-refractivity contribution is 6.28. The van der Waals surface area contributed by atoms with Crippen molar-refractivity contribution in [1.82, 2.24) is 55.0 Å². The van der Waals surface area contributed by atoms with Gasteiger partial charge >= 0.3 is 18.2 Å². The van der Waals surface area contributed by atoms with Crippen molar-refractivity contribution in [2.24, 2.45) is 11.5 Å². The second-order valence-electron chi connectivity index (χ2n) is 29.3. The molecule has 30 heteroatoms. The lowest BCUT2D eigenvalue weighted by Crippen LogP contribution is -2.28. The number of rotatable bonds is 17. The van der Waals surface area contributed by atoms with E-state index in [4.69, 9.17) is 30.4 Å². The molecule has 0 aliphatic heterocycles. The van der Waals surface area contributed by atoms with E-state index in [0.717, 1.165) is 136 Å². The fraction of sp³-hybridized carbons (Fsp3) is 0.156. The first-order chi connectivity index (χ1) is 57.8. The number of esters is 1. The van der Waals surface area contributed by atoms with E-state index in [9.17, 15) is 58.7 Å².